The van der Waals surface area contributed by atoms with Gasteiger partial charge in [-0.1, -0.05) is 19.4 Å². The van der Waals surface area contributed by atoms with E-state index in [2.05, 4.69) is 29.0 Å². The van der Waals surface area contributed by atoms with E-state index in [1.165, 1.54) is 5.39 Å². The van der Waals surface area contributed by atoms with E-state index in [0.717, 1.165) is 24.1 Å². The number of fused-ring (bicyclic) bond motifs is 1. The molecule has 2 rings (SSSR count). The minimum Gasteiger partial charge on any atom is -0.259 e. The van der Waals surface area contributed by atoms with Crippen molar-refractivity contribution in [3.63, 3.8) is 0 Å². The van der Waals surface area contributed by atoms with Crippen LogP contribution >= 0.6 is 0 Å². The Morgan fingerprint density at radius 2 is 2.23 bits per heavy atom. The number of rotatable bonds is 2. The molecule has 0 fully saturated rings. The van der Waals surface area contributed by atoms with E-state index in [4.69, 9.17) is 0 Å². The van der Waals surface area contributed by atoms with E-state index >= 15 is 0 Å². The van der Waals surface area contributed by atoms with Crippen molar-refractivity contribution in [2.24, 2.45) is 0 Å². The standard InChI is InChI=1S/C11H12N2/c1-2-4-10-7-9-5-3-6-12-11(9)8-13-10/h3,5-8H,2,4H2,1H3. The Hall–Kier alpha value is -1.44. The molecule has 66 valence electrons. The molecule has 0 aliphatic heterocycles. The molecular formula is C11H12N2. The third-order valence-electron chi connectivity index (χ3n) is 2.05. The van der Waals surface area contributed by atoms with Crippen LogP contribution in [0.2, 0.25) is 0 Å². The zero-order valence-corrected chi connectivity index (χ0v) is 7.70. The number of aryl methyl sites for hydroxylation is 1. The number of nitrogens with zero attached hydrogens (tertiary/aromatic N) is 2. The topological polar surface area (TPSA) is 25.8 Å². The molecule has 2 aromatic heterocycles. The molecular weight excluding hydrogens is 160 g/mol. The normalized spacial score (nSPS) is 10.5. The fraction of sp³-hybridized carbons (Fsp3) is 0.273. The molecule has 0 amide bonds. The minimum atomic E-state index is 0.974. The van der Waals surface area contributed by atoms with Crippen LogP contribution < -0.4 is 0 Å². The summed E-state index contributed by atoms with van der Waals surface area (Å²) in [5, 5.41) is 1.18. The van der Waals surface area contributed by atoms with Gasteiger partial charge < -0.3 is 0 Å². The van der Waals surface area contributed by atoms with Crippen molar-refractivity contribution in [3.05, 3.63) is 36.3 Å². The molecule has 0 unspecified atom stereocenters. The molecule has 0 aromatic carbocycles. The van der Waals surface area contributed by atoms with Gasteiger partial charge in [-0.3, -0.25) is 9.97 Å². The molecule has 0 saturated heterocycles. The molecule has 13 heavy (non-hydrogen) atoms. The molecule has 0 radical (unpaired) electrons. The third kappa shape index (κ3) is 1.66. The van der Waals surface area contributed by atoms with Crippen LogP contribution in [0.5, 0.6) is 0 Å². The second kappa shape index (κ2) is 3.52. The molecule has 0 N–H and O–H groups in total. The predicted molar refractivity (Wildman–Crippen MR) is 53.5 cm³/mol. The van der Waals surface area contributed by atoms with Gasteiger partial charge in [0.05, 0.1) is 11.7 Å². The minimum absolute atomic E-state index is 0.974. The van der Waals surface area contributed by atoms with Crippen molar-refractivity contribution in [2.45, 2.75) is 19.8 Å². The second-order valence-electron chi connectivity index (χ2n) is 3.12. The average molecular weight is 172 g/mol. The van der Waals surface area contributed by atoms with Crippen LogP contribution in [0.25, 0.3) is 10.9 Å². The molecule has 0 aliphatic rings. The van der Waals surface area contributed by atoms with Gasteiger partial charge in [-0.05, 0) is 18.6 Å². The molecule has 0 spiro atoms. The van der Waals surface area contributed by atoms with Gasteiger partial charge in [0.15, 0.2) is 0 Å². The maximum absolute atomic E-state index is 4.33. The van der Waals surface area contributed by atoms with Crippen LogP contribution in [0.15, 0.2) is 30.6 Å². The van der Waals surface area contributed by atoms with Gasteiger partial charge in [0.2, 0.25) is 0 Å². The van der Waals surface area contributed by atoms with E-state index in [9.17, 15) is 0 Å². The first-order valence-corrected chi connectivity index (χ1v) is 4.60. The molecule has 2 nitrogen and oxygen atoms in total. The van der Waals surface area contributed by atoms with Crippen LogP contribution in [0.3, 0.4) is 0 Å². The van der Waals surface area contributed by atoms with Gasteiger partial charge in [0.1, 0.15) is 0 Å². The highest BCUT2D eigenvalue weighted by atomic mass is 14.7. The monoisotopic (exact) mass is 172 g/mol. The Labute approximate surface area is 77.6 Å². The lowest BCUT2D eigenvalue weighted by atomic mass is 10.2. The summed E-state index contributed by atoms with van der Waals surface area (Å²) in [4.78, 5) is 8.55. The number of hydrogen-bond acceptors (Lipinski definition) is 2. The zero-order valence-electron chi connectivity index (χ0n) is 7.70. The van der Waals surface area contributed by atoms with Gasteiger partial charge in [-0.15, -0.1) is 0 Å². The summed E-state index contributed by atoms with van der Waals surface area (Å²) >= 11 is 0. The van der Waals surface area contributed by atoms with Gasteiger partial charge >= 0.3 is 0 Å². The van der Waals surface area contributed by atoms with Gasteiger partial charge in [0.25, 0.3) is 0 Å². The highest BCUT2D eigenvalue weighted by molar-refractivity contribution is 5.77. The van der Waals surface area contributed by atoms with E-state index in [1.54, 1.807) is 6.20 Å². The van der Waals surface area contributed by atoms with Crippen LogP contribution in [0.4, 0.5) is 0 Å². The smallest absolute Gasteiger partial charge is 0.0885 e. The molecule has 2 heterocycles. The summed E-state index contributed by atoms with van der Waals surface area (Å²) in [6, 6.07) is 6.15. The summed E-state index contributed by atoms with van der Waals surface area (Å²) in [6.07, 6.45) is 5.83. The summed E-state index contributed by atoms with van der Waals surface area (Å²) < 4.78 is 0. The lowest BCUT2D eigenvalue weighted by Gasteiger charge is -1.99. The number of hydrogen-bond donors (Lipinski definition) is 0. The molecule has 2 heteroatoms. The largest absolute Gasteiger partial charge is 0.259 e. The van der Waals surface area contributed by atoms with Crippen molar-refractivity contribution in [1.29, 1.82) is 0 Å². The van der Waals surface area contributed by atoms with Crippen LogP contribution in [-0.2, 0) is 6.42 Å². The Balaban J connectivity index is 2.49. The van der Waals surface area contributed by atoms with Crippen LogP contribution in [0, 0.1) is 0 Å². The quantitative estimate of drug-likeness (QED) is 0.695. The summed E-state index contributed by atoms with van der Waals surface area (Å²) in [6.45, 7) is 2.16. The Kier molecular flexibility index (Phi) is 2.21. The van der Waals surface area contributed by atoms with Crippen molar-refractivity contribution >= 4 is 10.9 Å². The van der Waals surface area contributed by atoms with E-state index < -0.39 is 0 Å². The summed E-state index contributed by atoms with van der Waals surface area (Å²) in [5.74, 6) is 0. The first kappa shape index (κ1) is 8.17. The fourth-order valence-electron chi connectivity index (χ4n) is 1.41. The van der Waals surface area contributed by atoms with Gasteiger partial charge in [-0.25, -0.2) is 0 Å². The average Bonchev–Trinajstić information content (AvgIpc) is 2.18. The molecule has 0 atom stereocenters. The summed E-state index contributed by atoms with van der Waals surface area (Å²) in [5.41, 5.74) is 2.13. The van der Waals surface area contributed by atoms with Crippen LogP contribution in [0.1, 0.15) is 19.0 Å². The highest BCUT2D eigenvalue weighted by Gasteiger charge is 1.96. The maximum atomic E-state index is 4.33. The van der Waals surface area contributed by atoms with Crippen molar-refractivity contribution < 1.29 is 0 Å². The van der Waals surface area contributed by atoms with Crippen LogP contribution in [-0.4, -0.2) is 9.97 Å². The van der Waals surface area contributed by atoms with Crippen molar-refractivity contribution in [3.8, 4) is 0 Å². The van der Waals surface area contributed by atoms with Crippen molar-refractivity contribution in [1.82, 2.24) is 9.97 Å². The first-order valence-electron chi connectivity index (χ1n) is 4.60. The predicted octanol–water partition coefficient (Wildman–Crippen LogP) is 2.58. The number of aromatic nitrogens is 2. The van der Waals surface area contributed by atoms with E-state index in [-0.39, 0.29) is 0 Å². The first-order chi connectivity index (χ1) is 6.40. The third-order valence-corrected chi connectivity index (χ3v) is 2.05. The molecule has 0 saturated carbocycles. The molecule has 2 aromatic rings. The molecule has 0 aliphatic carbocycles. The zero-order chi connectivity index (χ0) is 9.10. The highest BCUT2D eigenvalue weighted by Crippen LogP contribution is 2.11. The Morgan fingerprint density at radius 1 is 1.31 bits per heavy atom. The summed E-state index contributed by atoms with van der Waals surface area (Å²) in [7, 11) is 0. The van der Waals surface area contributed by atoms with Crippen molar-refractivity contribution in [2.75, 3.05) is 0 Å². The van der Waals surface area contributed by atoms with E-state index in [1.807, 2.05) is 12.3 Å². The van der Waals surface area contributed by atoms with E-state index in [0.29, 0.717) is 0 Å². The SMILES string of the molecule is CCCc1cc2cccnc2cn1. The lowest BCUT2D eigenvalue weighted by Crippen LogP contribution is -1.89. The van der Waals surface area contributed by atoms with Gasteiger partial charge in [-0.2, -0.15) is 0 Å². The maximum Gasteiger partial charge on any atom is 0.0885 e. The number of pyridine rings is 2. The molecule has 0 bridgehead atoms. The fourth-order valence-corrected chi connectivity index (χ4v) is 1.41. The van der Waals surface area contributed by atoms with Gasteiger partial charge in [0, 0.05) is 17.3 Å². The second-order valence-corrected chi connectivity index (χ2v) is 3.12. The Bertz CT molecular complexity index is 410. The Morgan fingerprint density at radius 3 is 3.08 bits per heavy atom. The lowest BCUT2D eigenvalue weighted by molar-refractivity contribution is 0.885.